The van der Waals surface area contributed by atoms with E-state index in [-0.39, 0.29) is 22.8 Å². The highest BCUT2D eigenvalue weighted by molar-refractivity contribution is 7.16. The molecule has 0 atom stereocenters. The Bertz CT molecular complexity index is 691. The number of nitrogens with zero attached hydrogens (tertiary/aromatic N) is 1. The monoisotopic (exact) mass is 337 g/mol. The van der Waals surface area contributed by atoms with E-state index in [2.05, 4.69) is 35.2 Å². The number of rotatable bonds is 2. The van der Waals surface area contributed by atoms with Crippen LogP contribution in [0.25, 0.3) is 10.2 Å². The zero-order valence-electron chi connectivity index (χ0n) is 10.4. The van der Waals surface area contributed by atoms with E-state index in [0.717, 1.165) is 12.1 Å². The van der Waals surface area contributed by atoms with Crippen molar-refractivity contribution in [1.29, 1.82) is 0 Å². The van der Waals surface area contributed by atoms with Gasteiger partial charge in [0.15, 0.2) is 6.54 Å². The summed E-state index contributed by atoms with van der Waals surface area (Å²) in [5, 5.41) is 0. The quantitative estimate of drug-likeness (QED) is 0.606. The molecule has 0 amide bonds. The lowest BCUT2D eigenvalue weighted by Crippen LogP contribution is -3.00. The minimum absolute atomic E-state index is 0. The van der Waals surface area contributed by atoms with Gasteiger partial charge in [0.2, 0.25) is 11.0 Å². The molecule has 98 valence electrons. The molecule has 0 bridgehead atoms. The number of fused-ring (bicyclic) bond motifs is 1. The van der Waals surface area contributed by atoms with Crippen LogP contribution >= 0.6 is 11.3 Å². The first-order chi connectivity index (χ1) is 8.72. The molecule has 0 N–H and O–H groups in total. The van der Waals surface area contributed by atoms with Gasteiger partial charge in [0.1, 0.15) is 10.5 Å². The van der Waals surface area contributed by atoms with Crippen molar-refractivity contribution in [3.63, 3.8) is 0 Å². The van der Waals surface area contributed by atoms with Crippen LogP contribution < -0.4 is 21.5 Å². The van der Waals surface area contributed by atoms with Gasteiger partial charge < -0.3 is 17.0 Å². The highest BCUT2D eigenvalue weighted by atomic mass is 79.9. The highest BCUT2D eigenvalue weighted by Crippen LogP contribution is 2.18. The van der Waals surface area contributed by atoms with Gasteiger partial charge >= 0.3 is 0 Å². The van der Waals surface area contributed by atoms with Gasteiger partial charge in [0.05, 0.1) is 0 Å². The lowest BCUT2D eigenvalue weighted by Gasteiger charge is -1.97. The molecule has 19 heavy (non-hydrogen) atoms. The number of aryl methyl sites for hydroxylation is 1. The molecule has 0 saturated carbocycles. The predicted molar refractivity (Wildman–Crippen MR) is 72.3 cm³/mol. The van der Waals surface area contributed by atoms with E-state index in [1.165, 1.54) is 27.9 Å². The first-order valence-corrected chi connectivity index (χ1v) is 6.72. The second kappa shape index (κ2) is 5.80. The van der Waals surface area contributed by atoms with Crippen LogP contribution in [0.5, 0.6) is 0 Å². The first kappa shape index (κ1) is 14.2. The Morgan fingerprint density at radius 1 is 1.11 bits per heavy atom. The molecule has 0 fully saturated rings. The van der Waals surface area contributed by atoms with Crippen molar-refractivity contribution in [2.24, 2.45) is 0 Å². The fourth-order valence-electron chi connectivity index (χ4n) is 2.04. The summed E-state index contributed by atoms with van der Waals surface area (Å²) in [6.07, 6.45) is 0. The SMILES string of the molecule is Cc1ccc2c(c1)sc[n+]2Cc1ccc(F)cc1.[Br-]. The number of hydrogen-bond acceptors (Lipinski definition) is 1. The fraction of sp³-hybridized carbons (Fsp3) is 0.133. The van der Waals surface area contributed by atoms with Crippen LogP contribution in [0.1, 0.15) is 11.1 Å². The third kappa shape index (κ3) is 3.01. The van der Waals surface area contributed by atoms with E-state index < -0.39 is 0 Å². The van der Waals surface area contributed by atoms with Gasteiger partial charge in [-0.05, 0) is 42.8 Å². The molecule has 0 aliphatic rings. The van der Waals surface area contributed by atoms with Crippen LogP contribution in [-0.2, 0) is 6.54 Å². The molecule has 0 spiro atoms. The Morgan fingerprint density at radius 3 is 2.58 bits per heavy atom. The molecular formula is C15H13BrFNS. The summed E-state index contributed by atoms with van der Waals surface area (Å²) in [7, 11) is 0. The molecule has 3 aromatic rings. The van der Waals surface area contributed by atoms with Crippen molar-refractivity contribution in [2.75, 3.05) is 0 Å². The third-order valence-corrected chi connectivity index (χ3v) is 3.94. The molecule has 1 nitrogen and oxygen atoms in total. The minimum atomic E-state index is -0.186. The standard InChI is InChI=1S/C15H13FNS.BrH/c1-11-2-7-14-15(8-11)18-10-17(14)9-12-3-5-13(16)6-4-12;/h2-8,10H,9H2,1H3;1H/q+1;/p-1. The van der Waals surface area contributed by atoms with Crippen LogP contribution in [0.4, 0.5) is 4.39 Å². The zero-order valence-corrected chi connectivity index (χ0v) is 12.8. The largest absolute Gasteiger partial charge is 1.00 e. The van der Waals surface area contributed by atoms with E-state index in [1.807, 2.05) is 12.1 Å². The lowest BCUT2D eigenvalue weighted by molar-refractivity contribution is -0.658. The second-order valence-corrected chi connectivity index (χ2v) is 5.34. The molecule has 0 radical (unpaired) electrons. The predicted octanol–water partition coefficient (Wildman–Crippen LogP) is 0.689. The summed E-state index contributed by atoms with van der Waals surface area (Å²) >= 11 is 1.74. The summed E-state index contributed by atoms with van der Waals surface area (Å²) in [5.41, 5.74) is 5.74. The molecule has 2 aromatic carbocycles. The van der Waals surface area contributed by atoms with E-state index in [4.69, 9.17) is 0 Å². The van der Waals surface area contributed by atoms with Gasteiger partial charge in [0.25, 0.3) is 0 Å². The Hall–Kier alpha value is -1.26. The van der Waals surface area contributed by atoms with Gasteiger partial charge in [-0.25, -0.2) is 4.39 Å². The van der Waals surface area contributed by atoms with Gasteiger partial charge in [-0.15, -0.1) is 0 Å². The summed E-state index contributed by atoms with van der Waals surface area (Å²) in [5.74, 6) is -0.186. The Balaban J connectivity index is 0.00000133. The Morgan fingerprint density at radius 2 is 1.84 bits per heavy atom. The van der Waals surface area contributed by atoms with E-state index in [9.17, 15) is 4.39 Å². The average Bonchev–Trinajstić information content (AvgIpc) is 2.74. The molecule has 4 heteroatoms. The van der Waals surface area contributed by atoms with Crippen LogP contribution in [0, 0.1) is 12.7 Å². The number of benzene rings is 2. The maximum Gasteiger partial charge on any atom is 0.226 e. The molecule has 0 aliphatic heterocycles. The van der Waals surface area contributed by atoms with Crippen molar-refractivity contribution >= 4 is 21.6 Å². The number of halogens is 2. The maximum atomic E-state index is 12.9. The molecular weight excluding hydrogens is 325 g/mol. The summed E-state index contributed by atoms with van der Waals surface area (Å²) in [6, 6.07) is 13.1. The molecule has 0 saturated heterocycles. The first-order valence-electron chi connectivity index (χ1n) is 5.84. The van der Waals surface area contributed by atoms with Crippen molar-refractivity contribution in [3.05, 3.63) is 64.9 Å². The summed E-state index contributed by atoms with van der Waals surface area (Å²) < 4.78 is 16.3. The smallest absolute Gasteiger partial charge is 0.226 e. The van der Waals surface area contributed by atoms with Gasteiger partial charge in [0, 0.05) is 11.6 Å². The normalized spacial score (nSPS) is 10.4. The van der Waals surface area contributed by atoms with Crippen LogP contribution in [0.3, 0.4) is 0 Å². The van der Waals surface area contributed by atoms with Crippen LogP contribution in [0.2, 0.25) is 0 Å². The van der Waals surface area contributed by atoms with Gasteiger partial charge in [-0.2, -0.15) is 4.57 Å². The molecule has 0 aliphatic carbocycles. The van der Waals surface area contributed by atoms with E-state index in [0.29, 0.717) is 0 Å². The van der Waals surface area contributed by atoms with E-state index in [1.54, 1.807) is 11.3 Å². The third-order valence-electron chi connectivity index (χ3n) is 3.00. The van der Waals surface area contributed by atoms with Crippen LogP contribution in [0.15, 0.2) is 48.0 Å². The topological polar surface area (TPSA) is 3.88 Å². The van der Waals surface area contributed by atoms with Gasteiger partial charge in [-0.3, -0.25) is 0 Å². The average molecular weight is 338 g/mol. The number of hydrogen-bond donors (Lipinski definition) is 0. The molecule has 1 aromatic heterocycles. The maximum absolute atomic E-state index is 12.9. The number of thiazole rings is 1. The molecule has 3 rings (SSSR count). The van der Waals surface area contributed by atoms with Crippen molar-refractivity contribution < 1.29 is 25.9 Å². The summed E-state index contributed by atoms with van der Waals surface area (Å²) in [4.78, 5) is 0. The lowest BCUT2D eigenvalue weighted by atomic mass is 10.2. The zero-order chi connectivity index (χ0) is 12.5. The molecule has 1 heterocycles. The highest BCUT2D eigenvalue weighted by Gasteiger charge is 2.12. The van der Waals surface area contributed by atoms with Crippen molar-refractivity contribution in [1.82, 2.24) is 0 Å². The second-order valence-electron chi connectivity index (χ2n) is 4.45. The minimum Gasteiger partial charge on any atom is -1.00 e. The Kier molecular flexibility index (Phi) is 4.32. The van der Waals surface area contributed by atoms with Crippen molar-refractivity contribution in [2.45, 2.75) is 13.5 Å². The fourth-order valence-corrected chi connectivity index (χ4v) is 3.03. The van der Waals surface area contributed by atoms with E-state index >= 15 is 0 Å². The van der Waals surface area contributed by atoms with Crippen LogP contribution in [-0.4, -0.2) is 0 Å². The molecule has 0 unspecified atom stereocenters. The van der Waals surface area contributed by atoms with Gasteiger partial charge in [-0.1, -0.05) is 17.4 Å². The number of aromatic nitrogens is 1. The Labute approximate surface area is 126 Å². The summed E-state index contributed by atoms with van der Waals surface area (Å²) in [6.45, 7) is 2.88. The van der Waals surface area contributed by atoms with Crippen molar-refractivity contribution in [3.8, 4) is 0 Å².